The fraction of sp³-hybridized carbons (Fsp3) is 0.867. The van der Waals surface area contributed by atoms with E-state index in [1.807, 2.05) is 13.8 Å². The Morgan fingerprint density at radius 2 is 1.86 bits per heavy atom. The lowest BCUT2D eigenvalue weighted by atomic mass is 9.84. The molecule has 0 aliphatic heterocycles. The van der Waals surface area contributed by atoms with E-state index in [1.54, 1.807) is 6.92 Å². The van der Waals surface area contributed by atoms with Gasteiger partial charge in [-0.25, -0.2) is 0 Å². The Balaban J connectivity index is 0.00000220. The number of hydrogen-bond donors (Lipinski definition) is 2. The molecule has 0 heterocycles. The van der Waals surface area contributed by atoms with E-state index < -0.39 is 0 Å². The second-order valence-corrected chi connectivity index (χ2v) is 6.57. The van der Waals surface area contributed by atoms with Gasteiger partial charge in [-0.15, -0.1) is 12.4 Å². The first-order valence-electron chi connectivity index (χ1n) is 7.64. The predicted octanol–water partition coefficient (Wildman–Crippen LogP) is 1.49. The van der Waals surface area contributed by atoms with Crippen molar-refractivity contribution in [2.24, 2.45) is 29.4 Å². The summed E-state index contributed by atoms with van der Waals surface area (Å²) in [6, 6.07) is -0.00771. The highest BCUT2D eigenvalue weighted by Gasteiger charge is 2.49. The summed E-state index contributed by atoms with van der Waals surface area (Å²) in [6.07, 6.45) is 3.23. The van der Waals surface area contributed by atoms with Crippen LogP contribution in [0.1, 0.15) is 40.0 Å². The van der Waals surface area contributed by atoms with Gasteiger partial charge in [0.2, 0.25) is 5.91 Å². The van der Waals surface area contributed by atoms with Crippen LogP contribution in [-0.2, 0) is 14.3 Å². The van der Waals surface area contributed by atoms with Crippen molar-refractivity contribution in [3.05, 3.63) is 0 Å². The minimum Gasteiger partial charge on any atom is -0.463 e. The van der Waals surface area contributed by atoms with Crippen LogP contribution in [0.2, 0.25) is 0 Å². The number of hydrogen-bond acceptors (Lipinski definition) is 4. The van der Waals surface area contributed by atoms with Crippen LogP contribution in [0.4, 0.5) is 0 Å². The molecular formula is C15H27ClN2O3. The number of carbonyl (C=O) groups excluding carboxylic acids is 2. The molecule has 3 N–H and O–H groups in total. The number of halogens is 1. The second-order valence-electron chi connectivity index (χ2n) is 6.57. The summed E-state index contributed by atoms with van der Waals surface area (Å²) in [6.45, 7) is 5.73. The maximum Gasteiger partial charge on any atom is 0.310 e. The highest BCUT2D eigenvalue weighted by Crippen LogP contribution is 2.47. The van der Waals surface area contributed by atoms with Gasteiger partial charge in [0.15, 0.2) is 0 Å². The van der Waals surface area contributed by atoms with Crippen molar-refractivity contribution in [3.8, 4) is 0 Å². The first kappa shape index (κ1) is 18.2. The van der Waals surface area contributed by atoms with Crippen LogP contribution in [0.15, 0.2) is 0 Å². The number of carbonyl (C=O) groups is 2. The zero-order valence-corrected chi connectivity index (χ0v) is 13.8. The molecule has 2 rings (SSSR count). The maximum atomic E-state index is 12.3. The molecule has 2 saturated carbocycles. The van der Waals surface area contributed by atoms with Gasteiger partial charge in [-0.05, 0) is 44.9 Å². The molecule has 5 nitrogen and oxygen atoms in total. The van der Waals surface area contributed by atoms with E-state index in [2.05, 4.69) is 5.32 Å². The van der Waals surface area contributed by atoms with Crippen molar-refractivity contribution in [3.63, 3.8) is 0 Å². The topological polar surface area (TPSA) is 81.4 Å². The van der Waals surface area contributed by atoms with Crippen molar-refractivity contribution in [1.82, 2.24) is 5.32 Å². The van der Waals surface area contributed by atoms with Gasteiger partial charge in [0.1, 0.15) is 0 Å². The monoisotopic (exact) mass is 318 g/mol. The number of nitrogens with two attached hydrogens (primary N) is 1. The fourth-order valence-electron chi connectivity index (χ4n) is 3.53. The van der Waals surface area contributed by atoms with Gasteiger partial charge in [-0.1, -0.05) is 6.92 Å². The normalized spacial score (nSPS) is 31.7. The number of fused-ring (bicyclic) bond motifs is 2. The van der Waals surface area contributed by atoms with Crippen LogP contribution in [0.25, 0.3) is 0 Å². The SMILES string of the molecule is CC(C)OC(=O)C(C)CNC(=O)C1C2CCC(C2)C1N.Cl. The molecule has 5 atom stereocenters. The first-order valence-corrected chi connectivity index (χ1v) is 7.64. The van der Waals surface area contributed by atoms with Crippen LogP contribution < -0.4 is 11.1 Å². The van der Waals surface area contributed by atoms with Crippen molar-refractivity contribution in [1.29, 1.82) is 0 Å². The molecule has 6 heteroatoms. The van der Waals surface area contributed by atoms with Crippen molar-refractivity contribution in [2.45, 2.75) is 52.2 Å². The van der Waals surface area contributed by atoms with Crippen molar-refractivity contribution < 1.29 is 14.3 Å². The standard InChI is InChI=1S/C15H26N2O3.ClH/c1-8(2)20-15(19)9(3)7-17-14(18)12-10-4-5-11(6-10)13(12)16;/h8-13H,4-7,16H2,1-3H3,(H,17,18);1H. The highest BCUT2D eigenvalue weighted by atomic mass is 35.5. The van der Waals surface area contributed by atoms with Gasteiger partial charge < -0.3 is 15.8 Å². The van der Waals surface area contributed by atoms with Crippen LogP contribution in [0.3, 0.4) is 0 Å². The van der Waals surface area contributed by atoms with E-state index in [9.17, 15) is 9.59 Å². The third-order valence-corrected chi connectivity index (χ3v) is 4.62. The van der Waals surface area contributed by atoms with E-state index >= 15 is 0 Å². The molecule has 5 unspecified atom stereocenters. The Hall–Kier alpha value is -0.810. The largest absolute Gasteiger partial charge is 0.463 e. The third kappa shape index (κ3) is 4.10. The summed E-state index contributed by atoms with van der Waals surface area (Å²) in [5, 5.41) is 2.87. The molecule has 1 amide bonds. The number of ether oxygens (including phenoxy) is 1. The number of esters is 1. The molecule has 0 aromatic carbocycles. The van der Waals surface area contributed by atoms with Crippen LogP contribution in [-0.4, -0.2) is 30.6 Å². The van der Waals surface area contributed by atoms with E-state index in [0.717, 1.165) is 19.3 Å². The molecule has 21 heavy (non-hydrogen) atoms. The van der Waals surface area contributed by atoms with Crippen molar-refractivity contribution >= 4 is 24.3 Å². The Morgan fingerprint density at radius 3 is 2.38 bits per heavy atom. The number of amides is 1. The second kappa shape index (κ2) is 7.45. The van der Waals surface area contributed by atoms with E-state index in [4.69, 9.17) is 10.5 Å². The van der Waals surface area contributed by atoms with Crippen molar-refractivity contribution in [2.75, 3.05) is 6.54 Å². The minimum absolute atomic E-state index is 0. The molecule has 0 radical (unpaired) electrons. The molecule has 2 aliphatic carbocycles. The zero-order valence-electron chi connectivity index (χ0n) is 13.0. The maximum absolute atomic E-state index is 12.3. The lowest BCUT2D eigenvalue weighted by Gasteiger charge is -2.27. The molecule has 122 valence electrons. The van der Waals surface area contributed by atoms with E-state index in [0.29, 0.717) is 18.4 Å². The summed E-state index contributed by atoms with van der Waals surface area (Å²) >= 11 is 0. The molecule has 2 fully saturated rings. The summed E-state index contributed by atoms with van der Waals surface area (Å²) in [5.74, 6) is 0.302. The van der Waals surface area contributed by atoms with Gasteiger partial charge >= 0.3 is 5.97 Å². The molecule has 0 aromatic heterocycles. The zero-order chi connectivity index (χ0) is 14.9. The average Bonchev–Trinajstić information content (AvgIpc) is 2.95. The van der Waals surface area contributed by atoms with Crippen LogP contribution in [0, 0.1) is 23.7 Å². The Morgan fingerprint density at radius 1 is 1.24 bits per heavy atom. The van der Waals surface area contributed by atoms with Gasteiger partial charge in [0.05, 0.1) is 17.9 Å². The molecule has 0 spiro atoms. The van der Waals surface area contributed by atoms with Gasteiger partial charge in [-0.3, -0.25) is 9.59 Å². The number of nitrogens with one attached hydrogen (secondary N) is 1. The van der Waals surface area contributed by atoms with Gasteiger partial charge in [-0.2, -0.15) is 0 Å². The molecular weight excluding hydrogens is 292 g/mol. The third-order valence-electron chi connectivity index (χ3n) is 4.62. The fourth-order valence-corrected chi connectivity index (χ4v) is 3.53. The summed E-state index contributed by atoms with van der Waals surface area (Å²) in [7, 11) is 0. The molecule has 2 aliphatic rings. The van der Waals surface area contributed by atoms with E-state index in [-0.39, 0.29) is 48.3 Å². The Bertz CT molecular complexity index is 387. The van der Waals surface area contributed by atoms with E-state index in [1.165, 1.54) is 0 Å². The lowest BCUT2D eigenvalue weighted by molar-refractivity contribution is -0.151. The van der Waals surface area contributed by atoms with Crippen LogP contribution >= 0.6 is 12.4 Å². The molecule has 0 saturated heterocycles. The quantitative estimate of drug-likeness (QED) is 0.752. The minimum atomic E-state index is -0.323. The Labute approximate surface area is 132 Å². The van der Waals surface area contributed by atoms with Crippen LogP contribution in [0.5, 0.6) is 0 Å². The molecule has 2 bridgehead atoms. The predicted molar refractivity (Wildman–Crippen MR) is 82.9 cm³/mol. The highest BCUT2D eigenvalue weighted by molar-refractivity contribution is 5.85. The Kier molecular flexibility index (Phi) is 6.47. The summed E-state index contributed by atoms with van der Waals surface area (Å²) in [4.78, 5) is 23.9. The van der Waals surface area contributed by atoms with Gasteiger partial charge in [0, 0.05) is 12.6 Å². The molecule has 0 aromatic rings. The number of rotatable bonds is 5. The summed E-state index contributed by atoms with van der Waals surface area (Å²) in [5.41, 5.74) is 6.14. The average molecular weight is 319 g/mol. The first-order chi connectivity index (χ1) is 9.40. The lowest BCUT2D eigenvalue weighted by Crippen LogP contribution is -2.46. The van der Waals surface area contributed by atoms with Gasteiger partial charge in [0.25, 0.3) is 0 Å². The summed E-state index contributed by atoms with van der Waals surface area (Å²) < 4.78 is 5.13. The smallest absolute Gasteiger partial charge is 0.310 e.